The van der Waals surface area contributed by atoms with E-state index in [0.29, 0.717) is 19.4 Å². The Hall–Kier alpha value is -2.57. The molecule has 1 aliphatic rings. The molecular weight excluding hydrogens is 348 g/mol. The van der Waals surface area contributed by atoms with Crippen molar-refractivity contribution in [2.45, 2.75) is 45.8 Å². The highest BCUT2D eigenvalue weighted by atomic mass is 16.5. The molecule has 1 saturated carbocycles. The van der Waals surface area contributed by atoms with Gasteiger partial charge in [-0.2, -0.15) is 0 Å². The first-order chi connectivity index (χ1) is 12.8. The normalized spacial score (nSPS) is 20.1. The van der Waals surface area contributed by atoms with Gasteiger partial charge in [0, 0.05) is 24.9 Å². The van der Waals surface area contributed by atoms with Crippen LogP contribution in [0.5, 0.6) is 0 Å². The monoisotopic (exact) mass is 376 g/mol. The molecule has 0 spiro atoms. The largest absolute Gasteiger partial charge is 0.469 e. The summed E-state index contributed by atoms with van der Waals surface area (Å²) in [5, 5.41) is 5.70. The van der Waals surface area contributed by atoms with Crippen LogP contribution < -0.4 is 10.6 Å². The SMILES string of the molecule is COC(=O)CCCNC(=O)[C@@H]1C[C@H](NC(=O)OCc2ccccc2)C1(C)C. The number of esters is 1. The quantitative estimate of drug-likeness (QED) is 0.537. The topological polar surface area (TPSA) is 93.7 Å². The van der Waals surface area contributed by atoms with Gasteiger partial charge in [-0.05, 0) is 23.8 Å². The van der Waals surface area contributed by atoms with Crippen LogP contribution in [0.4, 0.5) is 4.79 Å². The predicted molar refractivity (Wildman–Crippen MR) is 99.7 cm³/mol. The summed E-state index contributed by atoms with van der Waals surface area (Å²) in [6, 6.07) is 9.34. The zero-order valence-electron chi connectivity index (χ0n) is 16.1. The van der Waals surface area contributed by atoms with Crippen molar-refractivity contribution in [3.05, 3.63) is 35.9 Å². The van der Waals surface area contributed by atoms with E-state index < -0.39 is 6.09 Å². The molecule has 1 aliphatic carbocycles. The summed E-state index contributed by atoms with van der Waals surface area (Å²) in [5.74, 6) is -0.526. The number of methoxy groups -OCH3 is 1. The number of benzene rings is 1. The van der Waals surface area contributed by atoms with Crippen molar-refractivity contribution in [1.82, 2.24) is 10.6 Å². The Labute approximate surface area is 159 Å². The van der Waals surface area contributed by atoms with Crippen molar-refractivity contribution in [2.75, 3.05) is 13.7 Å². The number of carbonyl (C=O) groups excluding carboxylic acids is 3. The van der Waals surface area contributed by atoms with Gasteiger partial charge in [-0.1, -0.05) is 44.2 Å². The third-order valence-electron chi connectivity index (χ3n) is 5.17. The van der Waals surface area contributed by atoms with Crippen LogP contribution >= 0.6 is 0 Å². The second kappa shape index (κ2) is 9.39. The fourth-order valence-electron chi connectivity index (χ4n) is 3.19. The molecule has 0 aliphatic heterocycles. The van der Waals surface area contributed by atoms with E-state index in [2.05, 4.69) is 15.4 Å². The van der Waals surface area contributed by atoms with Crippen molar-refractivity contribution in [3.8, 4) is 0 Å². The molecular formula is C20H28N2O5. The molecule has 27 heavy (non-hydrogen) atoms. The molecule has 7 nitrogen and oxygen atoms in total. The molecule has 148 valence electrons. The Morgan fingerprint density at radius 1 is 1.19 bits per heavy atom. The average Bonchev–Trinajstić information content (AvgIpc) is 2.66. The number of rotatable bonds is 8. The van der Waals surface area contributed by atoms with Crippen LogP contribution in [0.1, 0.15) is 38.7 Å². The molecule has 1 aromatic rings. The fourth-order valence-corrected chi connectivity index (χ4v) is 3.19. The molecule has 0 heterocycles. The minimum Gasteiger partial charge on any atom is -0.469 e. The summed E-state index contributed by atoms with van der Waals surface area (Å²) in [7, 11) is 1.34. The van der Waals surface area contributed by atoms with Gasteiger partial charge in [0.25, 0.3) is 0 Å². The van der Waals surface area contributed by atoms with Crippen LogP contribution in [0.25, 0.3) is 0 Å². The Kier molecular flexibility index (Phi) is 7.21. The van der Waals surface area contributed by atoms with Crippen molar-refractivity contribution in [1.29, 1.82) is 0 Å². The van der Waals surface area contributed by atoms with Gasteiger partial charge in [0.1, 0.15) is 6.61 Å². The summed E-state index contributed by atoms with van der Waals surface area (Å²) in [6.45, 7) is 4.55. The molecule has 2 N–H and O–H groups in total. The summed E-state index contributed by atoms with van der Waals surface area (Å²) >= 11 is 0. The molecule has 0 radical (unpaired) electrons. The van der Waals surface area contributed by atoms with E-state index in [-0.39, 0.29) is 42.3 Å². The van der Waals surface area contributed by atoms with Gasteiger partial charge in [0.05, 0.1) is 7.11 Å². The van der Waals surface area contributed by atoms with Crippen molar-refractivity contribution in [3.63, 3.8) is 0 Å². The second-order valence-corrected chi connectivity index (χ2v) is 7.34. The second-order valence-electron chi connectivity index (χ2n) is 7.34. The Bertz CT molecular complexity index is 660. The van der Waals surface area contributed by atoms with Crippen LogP contribution in [0.15, 0.2) is 30.3 Å². The van der Waals surface area contributed by atoms with Crippen LogP contribution in [0, 0.1) is 11.3 Å². The minimum absolute atomic E-state index is 0.0550. The van der Waals surface area contributed by atoms with Crippen LogP contribution in [-0.4, -0.2) is 37.7 Å². The lowest BCUT2D eigenvalue weighted by molar-refractivity contribution is -0.141. The zero-order chi connectivity index (χ0) is 19.9. The van der Waals surface area contributed by atoms with E-state index in [1.54, 1.807) is 0 Å². The van der Waals surface area contributed by atoms with Crippen molar-refractivity contribution < 1.29 is 23.9 Å². The molecule has 0 aromatic heterocycles. The number of carbonyl (C=O) groups is 3. The molecule has 2 atom stereocenters. The van der Waals surface area contributed by atoms with Gasteiger partial charge in [-0.25, -0.2) is 4.79 Å². The predicted octanol–water partition coefficient (Wildman–Crippen LogP) is 2.40. The van der Waals surface area contributed by atoms with Gasteiger partial charge in [-0.15, -0.1) is 0 Å². The molecule has 7 heteroatoms. The van der Waals surface area contributed by atoms with Crippen molar-refractivity contribution >= 4 is 18.0 Å². The highest BCUT2D eigenvalue weighted by Crippen LogP contribution is 2.46. The summed E-state index contributed by atoms with van der Waals surface area (Å²) in [5.41, 5.74) is 0.558. The maximum atomic E-state index is 12.3. The number of ether oxygens (including phenoxy) is 2. The molecule has 1 aromatic carbocycles. The van der Waals surface area contributed by atoms with Gasteiger partial charge >= 0.3 is 12.1 Å². The standard InChI is InChI=1S/C20H28N2O5/c1-20(2)15(18(24)21-11-7-10-17(23)26-3)12-16(20)22-19(25)27-13-14-8-5-4-6-9-14/h4-6,8-9,15-16H,7,10-13H2,1-3H3,(H,21,24)(H,22,25)/t15-,16-/m0/s1. The molecule has 2 rings (SSSR count). The minimum atomic E-state index is -0.478. The maximum absolute atomic E-state index is 12.3. The van der Waals surface area contributed by atoms with E-state index in [0.717, 1.165) is 5.56 Å². The van der Waals surface area contributed by atoms with Crippen LogP contribution in [0.3, 0.4) is 0 Å². The lowest BCUT2D eigenvalue weighted by Gasteiger charge is -2.50. The summed E-state index contributed by atoms with van der Waals surface area (Å²) < 4.78 is 9.81. The third kappa shape index (κ3) is 5.70. The van der Waals surface area contributed by atoms with Gasteiger partial charge in [0.15, 0.2) is 0 Å². The zero-order valence-corrected chi connectivity index (χ0v) is 16.1. The van der Waals surface area contributed by atoms with Crippen LogP contribution in [0.2, 0.25) is 0 Å². The lowest BCUT2D eigenvalue weighted by atomic mass is 9.58. The molecule has 0 unspecified atom stereocenters. The number of hydrogen-bond donors (Lipinski definition) is 2. The number of alkyl carbamates (subject to hydrolysis) is 1. The third-order valence-corrected chi connectivity index (χ3v) is 5.17. The molecule has 0 saturated heterocycles. The summed E-state index contributed by atoms with van der Waals surface area (Å²) in [4.78, 5) is 35.4. The van der Waals surface area contributed by atoms with Crippen LogP contribution in [-0.2, 0) is 25.7 Å². The van der Waals surface area contributed by atoms with E-state index in [9.17, 15) is 14.4 Å². The number of amides is 2. The average molecular weight is 376 g/mol. The van der Waals surface area contributed by atoms with E-state index in [4.69, 9.17) is 4.74 Å². The fraction of sp³-hybridized carbons (Fsp3) is 0.550. The van der Waals surface area contributed by atoms with Gasteiger partial charge in [0.2, 0.25) is 5.91 Å². The van der Waals surface area contributed by atoms with Gasteiger partial charge < -0.3 is 20.1 Å². The smallest absolute Gasteiger partial charge is 0.407 e. The lowest BCUT2D eigenvalue weighted by Crippen LogP contribution is -2.62. The first-order valence-corrected chi connectivity index (χ1v) is 9.16. The maximum Gasteiger partial charge on any atom is 0.407 e. The van der Waals surface area contributed by atoms with E-state index in [1.807, 2.05) is 44.2 Å². The Balaban J connectivity index is 1.70. The summed E-state index contributed by atoms with van der Waals surface area (Å²) in [6.07, 6.45) is 0.909. The Morgan fingerprint density at radius 2 is 1.89 bits per heavy atom. The molecule has 0 bridgehead atoms. The molecule has 1 fully saturated rings. The highest BCUT2D eigenvalue weighted by molar-refractivity contribution is 5.81. The number of nitrogens with one attached hydrogen (secondary N) is 2. The first kappa shape index (κ1) is 20.7. The van der Waals surface area contributed by atoms with E-state index >= 15 is 0 Å². The van der Waals surface area contributed by atoms with Gasteiger partial charge in [-0.3, -0.25) is 9.59 Å². The van der Waals surface area contributed by atoms with E-state index in [1.165, 1.54) is 7.11 Å². The van der Waals surface area contributed by atoms with Crippen molar-refractivity contribution in [2.24, 2.45) is 11.3 Å². The Morgan fingerprint density at radius 3 is 2.52 bits per heavy atom. The molecule has 2 amide bonds. The highest BCUT2D eigenvalue weighted by Gasteiger charge is 2.52. The number of hydrogen-bond acceptors (Lipinski definition) is 5. The first-order valence-electron chi connectivity index (χ1n) is 9.16.